The number of nitrogens with two attached hydrogens (primary N) is 1. The molecule has 1 aromatic rings. The number of hydrogen-bond donors (Lipinski definition) is 2. The smallest absolute Gasteiger partial charge is 0.230 e. The zero-order chi connectivity index (χ0) is 13.7. The molecule has 18 heavy (non-hydrogen) atoms. The first-order valence-electron chi connectivity index (χ1n) is 5.87. The molecule has 1 amide bonds. The molecule has 1 unspecified atom stereocenters. The monoisotopic (exact) mass is 270 g/mol. The van der Waals surface area contributed by atoms with E-state index in [1.807, 2.05) is 13.8 Å². The molecule has 0 fully saturated rings. The van der Waals surface area contributed by atoms with Gasteiger partial charge in [-0.3, -0.25) is 4.79 Å². The van der Waals surface area contributed by atoms with Crippen LogP contribution in [0.2, 0.25) is 0 Å². The lowest BCUT2D eigenvalue weighted by atomic mass is 10.1. The summed E-state index contributed by atoms with van der Waals surface area (Å²) < 4.78 is 13.1. The Balaban J connectivity index is 2.70. The first-order valence-corrected chi connectivity index (χ1v) is 6.86. The summed E-state index contributed by atoms with van der Waals surface area (Å²) in [7, 11) is 0. The number of carbonyl (C=O) groups is 1. The van der Waals surface area contributed by atoms with Gasteiger partial charge in [-0.05, 0) is 44.5 Å². The Morgan fingerprint density at radius 3 is 2.67 bits per heavy atom. The van der Waals surface area contributed by atoms with Crippen molar-refractivity contribution >= 4 is 17.7 Å². The van der Waals surface area contributed by atoms with Crippen LogP contribution in [0.15, 0.2) is 23.1 Å². The van der Waals surface area contributed by atoms with Gasteiger partial charge in [0.25, 0.3) is 0 Å². The number of carbonyl (C=O) groups excluding carboxylic acids is 1. The average molecular weight is 270 g/mol. The number of thioether (sulfide) groups is 1. The Kier molecular flexibility index (Phi) is 5.62. The molecule has 1 atom stereocenters. The third-order valence-electron chi connectivity index (χ3n) is 2.27. The van der Waals surface area contributed by atoms with Gasteiger partial charge in [0.1, 0.15) is 5.82 Å². The van der Waals surface area contributed by atoms with Crippen LogP contribution in [-0.2, 0) is 4.79 Å². The minimum Gasteiger partial charge on any atom is -0.353 e. The number of benzene rings is 1. The van der Waals surface area contributed by atoms with Gasteiger partial charge in [0.2, 0.25) is 5.91 Å². The minimum absolute atomic E-state index is 0.0325. The zero-order valence-corrected chi connectivity index (χ0v) is 11.7. The van der Waals surface area contributed by atoms with Crippen molar-refractivity contribution in [2.24, 2.45) is 5.73 Å². The summed E-state index contributed by atoms with van der Waals surface area (Å²) in [6.07, 6.45) is 0. The second kappa shape index (κ2) is 6.75. The predicted octanol–water partition coefficient (Wildman–Crippen LogP) is 2.46. The van der Waals surface area contributed by atoms with Crippen molar-refractivity contribution in [2.75, 3.05) is 5.75 Å². The molecule has 3 N–H and O–H groups in total. The minimum atomic E-state index is -0.307. The Bertz CT molecular complexity index is 421. The van der Waals surface area contributed by atoms with E-state index in [1.54, 1.807) is 13.0 Å². The van der Waals surface area contributed by atoms with Gasteiger partial charge < -0.3 is 11.1 Å². The van der Waals surface area contributed by atoms with Crippen molar-refractivity contribution in [2.45, 2.75) is 37.8 Å². The number of nitrogens with one attached hydrogen (secondary N) is 1. The molecule has 0 saturated carbocycles. The molecule has 0 bridgehead atoms. The molecule has 0 aromatic heterocycles. The Morgan fingerprint density at radius 1 is 1.44 bits per heavy atom. The van der Waals surface area contributed by atoms with E-state index in [9.17, 15) is 9.18 Å². The highest BCUT2D eigenvalue weighted by Gasteiger charge is 2.11. The van der Waals surface area contributed by atoms with Crippen LogP contribution >= 0.6 is 11.8 Å². The predicted molar refractivity (Wildman–Crippen MR) is 73.0 cm³/mol. The lowest BCUT2D eigenvalue weighted by molar-refractivity contribution is -0.119. The normalized spacial score (nSPS) is 12.6. The topological polar surface area (TPSA) is 55.1 Å². The summed E-state index contributed by atoms with van der Waals surface area (Å²) >= 11 is 1.38. The summed E-state index contributed by atoms with van der Waals surface area (Å²) in [5.41, 5.74) is 6.52. The number of halogens is 1. The van der Waals surface area contributed by atoms with Crippen LogP contribution < -0.4 is 11.1 Å². The molecule has 0 aliphatic heterocycles. The van der Waals surface area contributed by atoms with Gasteiger partial charge in [0.05, 0.1) is 5.75 Å². The van der Waals surface area contributed by atoms with E-state index in [4.69, 9.17) is 5.73 Å². The van der Waals surface area contributed by atoms with E-state index < -0.39 is 0 Å². The van der Waals surface area contributed by atoms with Crippen molar-refractivity contribution in [1.82, 2.24) is 5.32 Å². The van der Waals surface area contributed by atoms with Crippen LogP contribution in [0.4, 0.5) is 4.39 Å². The maximum atomic E-state index is 13.1. The largest absolute Gasteiger partial charge is 0.353 e. The molecular formula is C13H19FN2OS. The molecule has 1 rings (SSSR count). The van der Waals surface area contributed by atoms with Crippen molar-refractivity contribution in [3.05, 3.63) is 29.6 Å². The SMILES string of the molecule is CC(C)NC(=O)CSc1ccc(F)cc1C(C)N. The molecule has 100 valence electrons. The van der Waals surface area contributed by atoms with Crippen molar-refractivity contribution < 1.29 is 9.18 Å². The van der Waals surface area contributed by atoms with Gasteiger partial charge in [-0.1, -0.05) is 0 Å². The molecule has 5 heteroatoms. The molecule has 0 heterocycles. The highest BCUT2D eigenvalue weighted by atomic mass is 32.2. The van der Waals surface area contributed by atoms with Crippen LogP contribution in [0.1, 0.15) is 32.4 Å². The summed E-state index contributed by atoms with van der Waals surface area (Å²) in [6, 6.07) is 4.35. The van der Waals surface area contributed by atoms with E-state index >= 15 is 0 Å². The maximum Gasteiger partial charge on any atom is 0.230 e. The molecule has 0 aliphatic rings. The number of rotatable bonds is 5. The van der Waals surface area contributed by atoms with Gasteiger partial charge in [-0.25, -0.2) is 4.39 Å². The number of hydrogen-bond acceptors (Lipinski definition) is 3. The van der Waals surface area contributed by atoms with Gasteiger partial charge in [-0.15, -0.1) is 11.8 Å². The van der Waals surface area contributed by atoms with Crippen LogP contribution in [-0.4, -0.2) is 17.7 Å². The van der Waals surface area contributed by atoms with E-state index in [0.717, 1.165) is 10.5 Å². The Hall–Kier alpha value is -1.07. The van der Waals surface area contributed by atoms with Gasteiger partial charge in [0.15, 0.2) is 0 Å². The van der Waals surface area contributed by atoms with E-state index in [-0.39, 0.29) is 23.8 Å². The summed E-state index contributed by atoms with van der Waals surface area (Å²) in [5, 5.41) is 2.81. The van der Waals surface area contributed by atoms with Crippen molar-refractivity contribution in [3.8, 4) is 0 Å². The third kappa shape index (κ3) is 4.66. The second-order valence-corrected chi connectivity index (χ2v) is 5.50. The maximum absolute atomic E-state index is 13.1. The molecular weight excluding hydrogens is 251 g/mol. The molecule has 1 aromatic carbocycles. The molecule has 0 spiro atoms. The summed E-state index contributed by atoms with van der Waals surface area (Å²) in [6.45, 7) is 5.62. The fraction of sp³-hybridized carbons (Fsp3) is 0.462. The van der Waals surface area contributed by atoms with Gasteiger partial charge in [-0.2, -0.15) is 0 Å². The highest BCUT2D eigenvalue weighted by Crippen LogP contribution is 2.27. The Morgan fingerprint density at radius 2 is 2.11 bits per heavy atom. The number of amides is 1. The Labute approximate surface area is 111 Å². The highest BCUT2D eigenvalue weighted by molar-refractivity contribution is 8.00. The molecule has 0 radical (unpaired) electrons. The summed E-state index contributed by atoms with van der Waals surface area (Å²) in [4.78, 5) is 12.4. The van der Waals surface area contributed by atoms with Crippen molar-refractivity contribution in [3.63, 3.8) is 0 Å². The van der Waals surface area contributed by atoms with E-state index in [1.165, 1.54) is 23.9 Å². The van der Waals surface area contributed by atoms with Crippen LogP contribution in [0.3, 0.4) is 0 Å². The summed E-state index contributed by atoms with van der Waals surface area (Å²) in [5.74, 6) is -0.0305. The fourth-order valence-electron chi connectivity index (χ4n) is 1.51. The molecule has 0 aliphatic carbocycles. The lowest BCUT2D eigenvalue weighted by Gasteiger charge is -2.13. The lowest BCUT2D eigenvalue weighted by Crippen LogP contribution is -2.31. The van der Waals surface area contributed by atoms with Gasteiger partial charge >= 0.3 is 0 Å². The van der Waals surface area contributed by atoms with Gasteiger partial charge in [0, 0.05) is 17.0 Å². The quantitative estimate of drug-likeness (QED) is 0.808. The van der Waals surface area contributed by atoms with Crippen LogP contribution in [0.5, 0.6) is 0 Å². The second-order valence-electron chi connectivity index (χ2n) is 4.48. The standard InChI is InChI=1S/C13H19FN2OS/c1-8(2)16-13(17)7-18-12-5-4-10(14)6-11(12)9(3)15/h4-6,8-9H,7,15H2,1-3H3,(H,16,17). The van der Waals surface area contributed by atoms with E-state index in [0.29, 0.717) is 5.75 Å². The zero-order valence-electron chi connectivity index (χ0n) is 10.9. The average Bonchev–Trinajstić information content (AvgIpc) is 2.26. The molecule has 0 saturated heterocycles. The van der Waals surface area contributed by atoms with Crippen molar-refractivity contribution in [1.29, 1.82) is 0 Å². The van der Waals surface area contributed by atoms with E-state index in [2.05, 4.69) is 5.32 Å². The molecule has 3 nitrogen and oxygen atoms in total. The third-order valence-corrected chi connectivity index (χ3v) is 3.36. The first kappa shape index (κ1) is 15.0. The van der Waals surface area contributed by atoms with Crippen LogP contribution in [0, 0.1) is 5.82 Å². The van der Waals surface area contributed by atoms with Crippen LogP contribution in [0.25, 0.3) is 0 Å². The first-order chi connectivity index (χ1) is 8.40. The fourth-order valence-corrected chi connectivity index (χ4v) is 2.46.